The summed E-state index contributed by atoms with van der Waals surface area (Å²) < 4.78 is 1.77. The molecule has 8 nitrogen and oxygen atoms in total. The van der Waals surface area contributed by atoms with E-state index in [1.165, 1.54) is 17.7 Å². The minimum atomic E-state index is -0.220. The molecule has 0 saturated heterocycles. The van der Waals surface area contributed by atoms with Crippen LogP contribution in [0.3, 0.4) is 0 Å². The van der Waals surface area contributed by atoms with Gasteiger partial charge in [-0.1, -0.05) is 24.3 Å². The predicted octanol–water partition coefficient (Wildman–Crippen LogP) is 4.58. The van der Waals surface area contributed by atoms with Gasteiger partial charge in [0.1, 0.15) is 12.1 Å². The quantitative estimate of drug-likeness (QED) is 0.426. The van der Waals surface area contributed by atoms with E-state index in [1.54, 1.807) is 29.2 Å². The zero-order valence-electron chi connectivity index (χ0n) is 16.5. The number of hydrogen-bond acceptors (Lipinski definition) is 7. The summed E-state index contributed by atoms with van der Waals surface area (Å²) in [6.45, 7) is 1.97. The van der Waals surface area contributed by atoms with Crippen molar-refractivity contribution in [3.63, 3.8) is 0 Å². The van der Waals surface area contributed by atoms with Crippen molar-refractivity contribution in [3.8, 4) is 5.69 Å². The lowest BCUT2D eigenvalue weighted by atomic mass is 10.1. The maximum Gasteiger partial charge on any atom is 0.257 e. The van der Waals surface area contributed by atoms with Crippen LogP contribution in [0.2, 0.25) is 0 Å². The monoisotopic (exact) mass is 427 g/mol. The van der Waals surface area contributed by atoms with Crippen LogP contribution in [0.1, 0.15) is 15.9 Å². The van der Waals surface area contributed by atoms with E-state index in [9.17, 15) is 4.79 Å². The first kappa shape index (κ1) is 18.9. The standard InChI is InChI=1S/C22H17N7OS/c1-14-7-8-15(21(30)28-22-23-9-10-31-22)11-18(14)27-19-17-12-26-29(20(17)25-13-24-19)16-5-3-2-4-6-16/h2-13H,1H3,(H,23,28,30)(H,24,25,27). The van der Waals surface area contributed by atoms with E-state index in [2.05, 4.69) is 30.7 Å². The summed E-state index contributed by atoms with van der Waals surface area (Å²) in [5.41, 5.74) is 3.89. The topological polar surface area (TPSA) is 97.6 Å². The second-order valence-electron chi connectivity index (χ2n) is 6.80. The van der Waals surface area contributed by atoms with Crippen LogP contribution in [0, 0.1) is 6.92 Å². The lowest BCUT2D eigenvalue weighted by molar-refractivity contribution is 0.102. The molecule has 3 heterocycles. The van der Waals surface area contributed by atoms with Gasteiger partial charge in [-0.05, 0) is 36.8 Å². The second-order valence-corrected chi connectivity index (χ2v) is 7.69. The first-order valence-corrected chi connectivity index (χ1v) is 10.4. The molecule has 0 atom stereocenters. The molecule has 2 aromatic carbocycles. The number of carbonyl (C=O) groups excluding carboxylic acids is 1. The first-order valence-electron chi connectivity index (χ1n) is 9.52. The van der Waals surface area contributed by atoms with Crippen LogP contribution in [-0.4, -0.2) is 30.6 Å². The highest BCUT2D eigenvalue weighted by Crippen LogP contribution is 2.27. The Labute approximate surface area is 181 Å². The Morgan fingerprint density at radius 3 is 2.74 bits per heavy atom. The molecule has 0 fully saturated rings. The number of fused-ring (bicyclic) bond motifs is 1. The molecule has 5 aromatic rings. The Morgan fingerprint density at radius 1 is 1.06 bits per heavy atom. The molecule has 0 unspecified atom stereocenters. The van der Waals surface area contributed by atoms with E-state index >= 15 is 0 Å². The summed E-state index contributed by atoms with van der Waals surface area (Å²) in [7, 11) is 0. The molecule has 3 aromatic heterocycles. The van der Waals surface area contributed by atoms with Crippen LogP contribution < -0.4 is 10.6 Å². The molecule has 5 rings (SSSR count). The van der Waals surface area contributed by atoms with Gasteiger partial charge >= 0.3 is 0 Å². The van der Waals surface area contributed by atoms with Gasteiger partial charge in [0.25, 0.3) is 5.91 Å². The number of nitrogens with zero attached hydrogens (tertiary/aromatic N) is 5. The molecule has 0 aliphatic rings. The number of aryl methyl sites for hydroxylation is 1. The number of thiazole rings is 1. The minimum Gasteiger partial charge on any atom is -0.339 e. The minimum absolute atomic E-state index is 0.220. The van der Waals surface area contributed by atoms with Gasteiger partial charge in [-0.2, -0.15) is 5.10 Å². The Bertz CT molecular complexity index is 1360. The van der Waals surface area contributed by atoms with E-state index in [0.717, 1.165) is 22.3 Å². The largest absolute Gasteiger partial charge is 0.339 e. The zero-order chi connectivity index (χ0) is 21.2. The van der Waals surface area contributed by atoms with E-state index in [-0.39, 0.29) is 5.91 Å². The number of aromatic nitrogens is 5. The van der Waals surface area contributed by atoms with E-state index in [1.807, 2.05) is 48.7 Å². The molecule has 0 radical (unpaired) electrons. The molecule has 0 bridgehead atoms. The number of amides is 1. The van der Waals surface area contributed by atoms with Crippen molar-refractivity contribution in [2.45, 2.75) is 6.92 Å². The van der Waals surface area contributed by atoms with Crippen LogP contribution in [0.25, 0.3) is 16.7 Å². The van der Waals surface area contributed by atoms with Crippen molar-refractivity contribution in [1.82, 2.24) is 24.7 Å². The summed E-state index contributed by atoms with van der Waals surface area (Å²) >= 11 is 1.37. The molecule has 1 amide bonds. The Kier molecular flexibility index (Phi) is 4.85. The molecule has 31 heavy (non-hydrogen) atoms. The van der Waals surface area contributed by atoms with Crippen molar-refractivity contribution < 1.29 is 4.79 Å². The van der Waals surface area contributed by atoms with Gasteiger partial charge in [-0.15, -0.1) is 11.3 Å². The lowest BCUT2D eigenvalue weighted by Crippen LogP contribution is -2.12. The highest BCUT2D eigenvalue weighted by atomic mass is 32.1. The molecule has 0 spiro atoms. The van der Waals surface area contributed by atoms with Crippen molar-refractivity contribution in [2.75, 3.05) is 10.6 Å². The van der Waals surface area contributed by atoms with Gasteiger partial charge in [-0.3, -0.25) is 10.1 Å². The smallest absolute Gasteiger partial charge is 0.257 e. The molecule has 9 heteroatoms. The number of carbonyl (C=O) groups is 1. The fraction of sp³-hybridized carbons (Fsp3) is 0.0455. The highest BCUT2D eigenvalue weighted by molar-refractivity contribution is 7.13. The van der Waals surface area contributed by atoms with Crippen LogP contribution >= 0.6 is 11.3 Å². The van der Waals surface area contributed by atoms with Gasteiger partial charge in [0.15, 0.2) is 10.8 Å². The van der Waals surface area contributed by atoms with Gasteiger partial charge < -0.3 is 5.32 Å². The SMILES string of the molecule is Cc1ccc(C(=O)Nc2nccs2)cc1Nc1ncnc2c1cnn2-c1ccccc1. The summed E-state index contributed by atoms with van der Waals surface area (Å²) in [5.74, 6) is 0.399. The fourth-order valence-corrected chi connectivity index (χ4v) is 3.71. The number of anilines is 3. The summed E-state index contributed by atoms with van der Waals surface area (Å²) in [6.07, 6.45) is 4.89. The predicted molar refractivity (Wildman–Crippen MR) is 121 cm³/mol. The fourth-order valence-electron chi connectivity index (χ4n) is 3.18. The van der Waals surface area contributed by atoms with Gasteiger partial charge in [-0.25, -0.2) is 19.6 Å². The number of benzene rings is 2. The summed E-state index contributed by atoms with van der Waals surface area (Å²) in [5, 5.41) is 13.8. The Balaban J connectivity index is 1.47. The highest BCUT2D eigenvalue weighted by Gasteiger charge is 2.14. The third-order valence-corrected chi connectivity index (χ3v) is 5.46. The molecule has 0 aliphatic heterocycles. The maximum atomic E-state index is 12.6. The van der Waals surface area contributed by atoms with Crippen LogP contribution in [0.5, 0.6) is 0 Å². The first-order chi connectivity index (χ1) is 15.2. The Hall–Kier alpha value is -4.11. The van der Waals surface area contributed by atoms with Crippen LogP contribution in [-0.2, 0) is 0 Å². The molecule has 0 saturated carbocycles. The molecular weight excluding hydrogens is 410 g/mol. The van der Waals surface area contributed by atoms with Gasteiger partial charge in [0.2, 0.25) is 0 Å². The van der Waals surface area contributed by atoms with Crippen molar-refractivity contribution in [3.05, 3.63) is 83.8 Å². The summed E-state index contributed by atoms with van der Waals surface area (Å²) in [4.78, 5) is 25.5. The summed E-state index contributed by atoms with van der Waals surface area (Å²) in [6, 6.07) is 15.3. The average molecular weight is 427 g/mol. The van der Waals surface area contributed by atoms with Gasteiger partial charge in [0, 0.05) is 22.8 Å². The molecule has 2 N–H and O–H groups in total. The van der Waals surface area contributed by atoms with Crippen LogP contribution in [0.4, 0.5) is 16.6 Å². The zero-order valence-corrected chi connectivity index (χ0v) is 17.3. The lowest BCUT2D eigenvalue weighted by Gasteiger charge is -2.11. The molecule has 152 valence electrons. The third-order valence-electron chi connectivity index (χ3n) is 4.77. The Morgan fingerprint density at radius 2 is 1.94 bits per heavy atom. The van der Waals surface area contributed by atoms with Gasteiger partial charge in [0.05, 0.1) is 17.3 Å². The number of rotatable bonds is 5. The van der Waals surface area contributed by atoms with Crippen molar-refractivity contribution in [1.29, 1.82) is 0 Å². The second kappa shape index (κ2) is 7.96. The molecule has 0 aliphatic carbocycles. The number of nitrogens with one attached hydrogen (secondary N) is 2. The number of hydrogen-bond donors (Lipinski definition) is 2. The van der Waals surface area contributed by atoms with Crippen molar-refractivity contribution >= 4 is 44.9 Å². The average Bonchev–Trinajstić information content (AvgIpc) is 3.46. The number of para-hydroxylation sites is 1. The van der Waals surface area contributed by atoms with Crippen molar-refractivity contribution in [2.24, 2.45) is 0 Å². The van der Waals surface area contributed by atoms with Crippen LogP contribution in [0.15, 0.2) is 72.6 Å². The van der Waals surface area contributed by atoms with E-state index in [4.69, 9.17) is 0 Å². The normalized spacial score (nSPS) is 10.9. The van der Waals surface area contributed by atoms with E-state index in [0.29, 0.717) is 22.2 Å². The third kappa shape index (κ3) is 3.74. The molecular formula is C22H17N7OS. The van der Waals surface area contributed by atoms with E-state index < -0.39 is 0 Å². The maximum absolute atomic E-state index is 12.6.